The minimum absolute atomic E-state index is 0.00928. The lowest BCUT2D eigenvalue weighted by Gasteiger charge is -2.37. The van der Waals surface area contributed by atoms with Crippen LogP contribution in [0.15, 0.2) is 71.6 Å². The molecule has 0 spiro atoms. The third-order valence-electron chi connectivity index (χ3n) is 6.71. The first-order valence-corrected chi connectivity index (χ1v) is 14.1. The van der Waals surface area contributed by atoms with Gasteiger partial charge in [0.05, 0.1) is 30.1 Å². The van der Waals surface area contributed by atoms with Gasteiger partial charge in [-0.05, 0) is 49.6 Å². The van der Waals surface area contributed by atoms with Gasteiger partial charge in [0.15, 0.2) is 11.6 Å². The number of nitrogens with two attached hydrogens (primary N) is 1. The number of carbonyl (C=O) groups is 1. The molecule has 1 heterocycles. The van der Waals surface area contributed by atoms with Gasteiger partial charge < -0.3 is 25.8 Å². The van der Waals surface area contributed by atoms with E-state index in [-0.39, 0.29) is 28.9 Å². The predicted molar refractivity (Wildman–Crippen MR) is 154 cm³/mol. The zero-order valence-corrected chi connectivity index (χ0v) is 22.9. The average Bonchev–Trinajstić information content (AvgIpc) is 2.92. The van der Waals surface area contributed by atoms with Gasteiger partial charge in [-0.25, -0.2) is 18.4 Å². The molecule has 11 nitrogen and oxygen atoms in total. The normalized spacial score (nSPS) is 14.2. The Balaban J connectivity index is 1.44. The van der Waals surface area contributed by atoms with Crippen LogP contribution in [-0.4, -0.2) is 44.1 Å². The Morgan fingerprint density at radius 2 is 1.55 bits per heavy atom. The molecule has 0 radical (unpaired) electrons. The van der Waals surface area contributed by atoms with E-state index in [4.69, 9.17) is 15.2 Å². The number of ether oxygens (including phenoxy) is 2. The van der Waals surface area contributed by atoms with Gasteiger partial charge in [-0.2, -0.15) is 0 Å². The third-order valence-corrected chi connectivity index (χ3v) is 8.04. The van der Waals surface area contributed by atoms with Crippen LogP contribution in [0, 0.1) is 0 Å². The van der Waals surface area contributed by atoms with Crippen molar-refractivity contribution in [1.29, 1.82) is 0 Å². The molecule has 208 valence electrons. The van der Waals surface area contributed by atoms with Gasteiger partial charge in [0.1, 0.15) is 11.5 Å². The number of fused-ring (bicyclic) bond motifs is 1. The standard InChI is InChI=1S/C28H30N6O5S/c1-38-20-13-19(14-21(16-20)39-2)31-26-27(33-24-10-4-3-9-23(24)32-26)34-40(36,37)22-8-5-7-18(15-22)30-25(35)17-28(29)11-6-12-28/h3-5,7-10,13-16H,6,11-12,17,29H2,1-2H3,(H,30,35)(H,31,32)(H,33,34). The minimum Gasteiger partial charge on any atom is -0.497 e. The fourth-order valence-corrected chi connectivity index (χ4v) is 5.49. The maximum absolute atomic E-state index is 13.5. The molecule has 40 heavy (non-hydrogen) atoms. The first kappa shape index (κ1) is 27.2. The van der Waals surface area contributed by atoms with Crippen molar-refractivity contribution >= 4 is 50.0 Å². The molecule has 1 fully saturated rings. The van der Waals surface area contributed by atoms with Crippen LogP contribution in [-0.2, 0) is 14.8 Å². The summed E-state index contributed by atoms with van der Waals surface area (Å²) in [5, 5.41) is 5.89. The number of nitrogens with one attached hydrogen (secondary N) is 3. The summed E-state index contributed by atoms with van der Waals surface area (Å²) < 4.78 is 40.2. The van der Waals surface area contributed by atoms with Crippen LogP contribution in [0.5, 0.6) is 11.5 Å². The monoisotopic (exact) mass is 562 g/mol. The molecule has 1 amide bonds. The van der Waals surface area contributed by atoms with E-state index in [1.807, 2.05) is 6.07 Å². The van der Waals surface area contributed by atoms with Gasteiger partial charge in [-0.1, -0.05) is 18.2 Å². The van der Waals surface area contributed by atoms with Crippen LogP contribution in [0.25, 0.3) is 11.0 Å². The summed E-state index contributed by atoms with van der Waals surface area (Å²) in [5.41, 5.74) is 7.67. The van der Waals surface area contributed by atoms with Gasteiger partial charge in [0.25, 0.3) is 10.0 Å². The number of para-hydroxylation sites is 2. The molecule has 5 N–H and O–H groups in total. The lowest BCUT2D eigenvalue weighted by atomic mass is 9.75. The molecule has 1 aromatic heterocycles. The second-order valence-corrected chi connectivity index (χ2v) is 11.4. The van der Waals surface area contributed by atoms with Crippen molar-refractivity contribution < 1.29 is 22.7 Å². The quantitative estimate of drug-likeness (QED) is 0.220. The highest BCUT2D eigenvalue weighted by Crippen LogP contribution is 2.33. The number of sulfonamides is 1. The van der Waals surface area contributed by atoms with Crippen molar-refractivity contribution in [2.45, 2.75) is 36.1 Å². The van der Waals surface area contributed by atoms with Gasteiger partial charge in [0.2, 0.25) is 5.91 Å². The SMILES string of the molecule is COc1cc(Nc2nc3ccccc3nc2NS(=O)(=O)c2cccc(NC(=O)CC3(N)CCC3)c2)cc(OC)c1. The van der Waals surface area contributed by atoms with Crippen molar-refractivity contribution in [3.63, 3.8) is 0 Å². The lowest BCUT2D eigenvalue weighted by molar-refractivity contribution is -0.118. The van der Waals surface area contributed by atoms with E-state index in [0.717, 1.165) is 19.3 Å². The largest absolute Gasteiger partial charge is 0.497 e. The zero-order chi connectivity index (χ0) is 28.3. The summed E-state index contributed by atoms with van der Waals surface area (Å²) in [4.78, 5) is 21.6. The number of benzene rings is 3. The van der Waals surface area contributed by atoms with Crippen LogP contribution in [0.4, 0.5) is 23.0 Å². The highest BCUT2D eigenvalue weighted by Gasteiger charge is 2.34. The molecule has 0 aliphatic heterocycles. The minimum atomic E-state index is -4.13. The van der Waals surface area contributed by atoms with E-state index >= 15 is 0 Å². The molecule has 5 rings (SSSR count). The molecule has 1 aliphatic rings. The molecule has 1 aliphatic carbocycles. The van der Waals surface area contributed by atoms with Crippen LogP contribution in [0.2, 0.25) is 0 Å². The molecule has 4 aromatic rings. The molecular formula is C28H30N6O5S. The number of anilines is 4. The third kappa shape index (κ3) is 6.08. The number of aromatic nitrogens is 2. The van der Waals surface area contributed by atoms with E-state index in [9.17, 15) is 13.2 Å². The Hall–Kier alpha value is -4.42. The Kier molecular flexibility index (Phi) is 7.46. The fourth-order valence-electron chi connectivity index (χ4n) is 4.43. The van der Waals surface area contributed by atoms with E-state index in [2.05, 4.69) is 25.3 Å². The van der Waals surface area contributed by atoms with Crippen molar-refractivity contribution in [3.8, 4) is 11.5 Å². The van der Waals surface area contributed by atoms with E-state index in [0.29, 0.717) is 33.9 Å². The van der Waals surface area contributed by atoms with Crippen molar-refractivity contribution in [2.75, 3.05) is 29.6 Å². The zero-order valence-electron chi connectivity index (χ0n) is 22.1. The molecule has 12 heteroatoms. The number of carbonyl (C=O) groups excluding carboxylic acids is 1. The topological polar surface area (TPSA) is 158 Å². The summed E-state index contributed by atoms with van der Waals surface area (Å²) in [6.07, 6.45) is 2.77. The summed E-state index contributed by atoms with van der Waals surface area (Å²) in [6.45, 7) is 0. The summed E-state index contributed by atoms with van der Waals surface area (Å²) in [6, 6.07) is 18.3. The first-order chi connectivity index (χ1) is 19.2. The summed E-state index contributed by atoms with van der Waals surface area (Å²) in [7, 11) is -1.06. The van der Waals surface area contributed by atoms with Crippen molar-refractivity contribution in [3.05, 3.63) is 66.7 Å². The molecule has 0 atom stereocenters. The first-order valence-electron chi connectivity index (χ1n) is 12.6. The Bertz CT molecular complexity index is 1650. The maximum Gasteiger partial charge on any atom is 0.263 e. The molecular weight excluding hydrogens is 532 g/mol. The molecule has 1 saturated carbocycles. The molecule has 0 unspecified atom stereocenters. The molecule has 3 aromatic carbocycles. The Morgan fingerprint density at radius 3 is 2.15 bits per heavy atom. The number of methoxy groups -OCH3 is 2. The number of hydrogen-bond acceptors (Lipinski definition) is 9. The van der Waals surface area contributed by atoms with Crippen molar-refractivity contribution in [2.24, 2.45) is 5.73 Å². The maximum atomic E-state index is 13.5. The van der Waals surface area contributed by atoms with E-state index in [1.54, 1.807) is 48.5 Å². The fraction of sp³-hybridized carbons (Fsp3) is 0.250. The number of rotatable bonds is 10. The molecule has 0 saturated heterocycles. The lowest BCUT2D eigenvalue weighted by Crippen LogP contribution is -2.48. The number of nitrogens with zero attached hydrogens (tertiary/aromatic N) is 2. The van der Waals surface area contributed by atoms with Gasteiger partial charge in [-0.15, -0.1) is 0 Å². The molecule has 0 bridgehead atoms. The van der Waals surface area contributed by atoms with Gasteiger partial charge in [0, 0.05) is 41.5 Å². The van der Waals surface area contributed by atoms with Crippen LogP contribution < -0.4 is 30.6 Å². The van der Waals surface area contributed by atoms with Gasteiger partial charge >= 0.3 is 0 Å². The van der Waals surface area contributed by atoms with Crippen LogP contribution in [0.3, 0.4) is 0 Å². The Labute approximate surface area is 232 Å². The van der Waals surface area contributed by atoms with Crippen molar-refractivity contribution in [1.82, 2.24) is 9.97 Å². The van der Waals surface area contributed by atoms with E-state index in [1.165, 1.54) is 26.4 Å². The second-order valence-electron chi connectivity index (χ2n) is 9.71. The number of hydrogen-bond donors (Lipinski definition) is 4. The number of amides is 1. The van der Waals surface area contributed by atoms with Gasteiger partial charge in [-0.3, -0.25) is 9.52 Å². The highest BCUT2D eigenvalue weighted by atomic mass is 32.2. The second kappa shape index (κ2) is 11.0. The average molecular weight is 563 g/mol. The smallest absolute Gasteiger partial charge is 0.263 e. The van der Waals surface area contributed by atoms with Crippen LogP contribution >= 0.6 is 0 Å². The Morgan fingerprint density at radius 1 is 0.900 bits per heavy atom. The highest BCUT2D eigenvalue weighted by molar-refractivity contribution is 7.92. The predicted octanol–water partition coefficient (Wildman–Crippen LogP) is 4.40. The van der Waals surface area contributed by atoms with E-state index < -0.39 is 15.6 Å². The summed E-state index contributed by atoms with van der Waals surface area (Å²) in [5.74, 6) is 0.981. The van der Waals surface area contributed by atoms with Crippen LogP contribution in [0.1, 0.15) is 25.7 Å². The summed E-state index contributed by atoms with van der Waals surface area (Å²) >= 11 is 0.